The van der Waals surface area contributed by atoms with Crippen LogP contribution in [0.3, 0.4) is 0 Å². The number of rotatable bonds is 2. The summed E-state index contributed by atoms with van der Waals surface area (Å²) in [5.74, 6) is 1.76. The van der Waals surface area contributed by atoms with Crippen molar-refractivity contribution in [2.24, 2.45) is 5.92 Å². The fourth-order valence-corrected chi connectivity index (χ4v) is 3.53. The second-order valence-electron chi connectivity index (χ2n) is 5.44. The van der Waals surface area contributed by atoms with Gasteiger partial charge < -0.3 is 10.1 Å². The number of fused-ring (bicyclic) bond motifs is 1. The van der Waals surface area contributed by atoms with E-state index < -0.39 is 0 Å². The number of ether oxygens (including phenoxy) is 1. The molecule has 0 aromatic heterocycles. The van der Waals surface area contributed by atoms with E-state index in [0.717, 1.165) is 38.3 Å². The van der Waals surface area contributed by atoms with Gasteiger partial charge in [0, 0.05) is 32.2 Å². The highest BCUT2D eigenvalue weighted by molar-refractivity contribution is 5.45. The fraction of sp³-hybridized carbons (Fsp3) is 0.600. The van der Waals surface area contributed by atoms with Gasteiger partial charge in [-0.25, -0.2) is 0 Å². The van der Waals surface area contributed by atoms with E-state index in [1.54, 1.807) is 7.11 Å². The van der Waals surface area contributed by atoms with Gasteiger partial charge in [0.2, 0.25) is 0 Å². The van der Waals surface area contributed by atoms with E-state index in [2.05, 4.69) is 35.3 Å². The molecule has 2 unspecified atom stereocenters. The third-order valence-corrected chi connectivity index (χ3v) is 4.32. The molecule has 1 aliphatic heterocycles. The molecule has 0 amide bonds. The van der Waals surface area contributed by atoms with Gasteiger partial charge in [-0.15, -0.1) is 0 Å². The number of nitrogens with one attached hydrogen (secondary N) is 1. The van der Waals surface area contributed by atoms with Crippen molar-refractivity contribution in [1.29, 1.82) is 0 Å². The van der Waals surface area contributed by atoms with Crippen LogP contribution in [0.25, 0.3) is 0 Å². The Morgan fingerprint density at radius 1 is 1.28 bits per heavy atom. The number of methoxy groups -OCH3 is 1. The average Bonchev–Trinajstić information content (AvgIpc) is 2.75. The summed E-state index contributed by atoms with van der Waals surface area (Å²) in [5, 5.41) is 3.43. The maximum Gasteiger partial charge on any atom is 0.122 e. The molecule has 3 nitrogen and oxygen atoms in total. The lowest BCUT2D eigenvalue weighted by atomic mass is 10.00. The Morgan fingerprint density at radius 3 is 2.78 bits per heavy atom. The maximum absolute atomic E-state index is 5.51. The van der Waals surface area contributed by atoms with Crippen LogP contribution in [0.15, 0.2) is 18.2 Å². The highest BCUT2D eigenvalue weighted by Gasteiger charge is 2.35. The van der Waals surface area contributed by atoms with E-state index in [0.29, 0.717) is 12.0 Å². The van der Waals surface area contributed by atoms with Crippen molar-refractivity contribution in [3.8, 4) is 5.75 Å². The predicted octanol–water partition coefficient (Wildman–Crippen LogP) is 1.83. The molecule has 0 spiro atoms. The Morgan fingerprint density at radius 2 is 2.06 bits per heavy atom. The summed E-state index contributed by atoms with van der Waals surface area (Å²) in [6.45, 7) is 6.91. The molecule has 18 heavy (non-hydrogen) atoms. The van der Waals surface area contributed by atoms with Gasteiger partial charge in [-0.1, -0.05) is 19.1 Å². The van der Waals surface area contributed by atoms with Crippen LogP contribution in [0.1, 0.15) is 24.1 Å². The Labute approximate surface area is 109 Å². The predicted molar refractivity (Wildman–Crippen MR) is 73.0 cm³/mol. The van der Waals surface area contributed by atoms with E-state index in [9.17, 15) is 0 Å². The third kappa shape index (κ3) is 1.91. The van der Waals surface area contributed by atoms with Gasteiger partial charge in [0.1, 0.15) is 5.75 Å². The van der Waals surface area contributed by atoms with E-state index in [1.165, 1.54) is 11.1 Å². The van der Waals surface area contributed by atoms with Crippen LogP contribution in [-0.2, 0) is 6.42 Å². The summed E-state index contributed by atoms with van der Waals surface area (Å²) < 4.78 is 5.51. The molecule has 1 N–H and O–H groups in total. The minimum absolute atomic E-state index is 0.581. The Kier molecular flexibility index (Phi) is 3.27. The zero-order valence-electron chi connectivity index (χ0n) is 11.3. The van der Waals surface area contributed by atoms with Gasteiger partial charge in [0.05, 0.1) is 7.11 Å². The molecule has 1 aromatic rings. The molecular formula is C15H22N2O. The lowest BCUT2D eigenvalue weighted by Gasteiger charge is -2.35. The molecule has 0 saturated carbocycles. The summed E-state index contributed by atoms with van der Waals surface area (Å²) in [6.07, 6.45) is 1.15. The van der Waals surface area contributed by atoms with Crippen molar-refractivity contribution < 1.29 is 4.74 Å². The second-order valence-corrected chi connectivity index (χ2v) is 5.44. The standard InChI is InChI=1S/C15H22N2O/c1-11-10-13-12(4-3-5-14(13)18-2)15(11)17-8-6-16-7-9-17/h3-5,11,15-16H,6-10H2,1-2H3. The van der Waals surface area contributed by atoms with E-state index >= 15 is 0 Å². The van der Waals surface area contributed by atoms with Crippen molar-refractivity contribution in [2.45, 2.75) is 19.4 Å². The minimum Gasteiger partial charge on any atom is -0.496 e. The van der Waals surface area contributed by atoms with E-state index in [-0.39, 0.29) is 0 Å². The quantitative estimate of drug-likeness (QED) is 0.861. The van der Waals surface area contributed by atoms with Crippen LogP contribution >= 0.6 is 0 Å². The summed E-state index contributed by atoms with van der Waals surface area (Å²) in [5.41, 5.74) is 2.92. The molecule has 3 heteroatoms. The Balaban J connectivity index is 1.93. The zero-order chi connectivity index (χ0) is 12.5. The van der Waals surface area contributed by atoms with Gasteiger partial charge in [0.25, 0.3) is 0 Å². The van der Waals surface area contributed by atoms with E-state index in [4.69, 9.17) is 4.74 Å². The Bertz CT molecular complexity index is 427. The topological polar surface area (TPSA) is 24.5 Å². The Hall–Kier alpha value is -1.06. The van der Waals surface area contributed by atoms with Crippen LogP contribution in [0, 0.1) is 5.92 Å². The maximum atomic E-state index is 5.51. The van der Waals surface area contributed by atoms with Crippen LogP contribution in [0.4, 0.5) is 0 Å². The lowest BCUT2D eigenvalue weighted by molar-refractivity contribution is 0.141. The number of nitrogens with zero attached hydrogens (tertiary/aromatic N) is 1. The molecular weight excluding hydrogens is 224 g/mol. The monoisotopic (exact) mass is 246 g/mol. The molecule has 2 aliphatic rings. The molecule has 0 bridgehead atoms. The molecule has 1 heterocycles. The van der Waals surface area contributed by atoms with Gasteiger partial charge >= 0.3 is 0 Å². The van der Waals surface area contributed by atoms with Crippen LogP contribution in [0.5, 0.6) is 5.75 Å². The largest absolute Gasteiger partial charge is 0.496 e. The molecule has 0 radical (unpaired) electrons. The first-order valence-electron chi connectivity index (χ1n) is 6.92. The van der Waals surface area contributed by atoms with Crippen molar-refractivity contribution >= 4 is 0 Å². The number of benzene rings is 1. The molecule has 1 saturated heterocycles. The second kappa shape index (κ2) is 4.90. The summed E-state index contributed by atoms with van der Waals surface area (Å²) in [7, 11) is 1.78. The minimum atomic E-state index is 0.581. The fourth-order valence-electron chi connectivity index (χ4n) is 3.53. The molecule has 98 valence electrons. The first kappa shape index (κ1) is 12.0. The van der Waals surface area contributed by atoms with Crippen LogP contribution < -0.4 is 10.1 Å². The van der Waals surface area contributed by atoms with Gasteiger partial charge in [-0.3, -0.25) is 4.90 Å². The lowest BCUT2D eigenvalue weighted by Crippen LogP contribution is -2.45. The average molecular weight is 246 g/mol. The molecule has 1 fully saturated rings. The highest BCUT2D eigenvalue weighted by atomic mass is 16.5. The molecule has 1 aliphatic carbocycles. The number of piperazine rings is 1. The van der Waals surface area contributed by atoms with Gasteiger partial charge in [-0.2, -0.15) is 0 Å². The highest BCUT2D eigenvalue weighted by Crippen LogP contribution is 2.43. The van der Waals surface area contributed by atoms with Gasteiger partial charge in [0.15, 0.2) is 0 Å². The summed E-state index contributed by atoms with van der Waals surface area (Å²) in [4.78, 5) is 2.63. The number of hydrogen-bond donors (Lipinski definition) is 1. The first-order chi connectivity index (χ1) is 8.81. The molecule has 2 atom stereocenters. The van der Waals surface area contributed by atoms with Crippen LogP contribution in [0.2, 0.25) is 0 Å². The summed E-state index contributed by atoms with van der Waals surface area (Å²) in [6, 6.07) is 7.09. The summed E-state index contributed by atoms with van der Waals surface area (Å²) >= 11 is 0. The smallest absolute Gasteiger partial charge is 0.122 e. The van der Waals surface area contributed by atoms with Crippen molar-refractivity contribution in [1.82, 2.24) is 10.2 Å². The molecule has 1 aromatic carbocycles. The van der Waals surface area contributed by atoms with Crippen molar-refractivity contribution in [3.63, 3.8) is 0 Å². The van der Waals surface area contributed by atoms with E-state index in [1.807, 2.05) is 0 Å². The van der Waals surface area contributed by atoms with Crippen LogP contribution in [-0.4, -0.2) is 38.2 Å². The first-order valence-corrected chi connectivity index (χ1v) is 6.92. The molecule has 3 rings (SSSR count). The number of hydrogen-bond acceptors (Lipinski definition) is 3. The van der Waals surface area contributed by atoms with Gasteiger partial charge in [-0.05, 0) is 29.5 Å². The van der Waals surface area contributed by atoms with Crippen molar-refractivity contribution in [3.05, 3.63) is 29.3 Å². The van der Waals surface area contributed by atoms with Crippen molar-refractivity contribution in [2.75, 3.05) is 33.3 Å². The third-order valence-electron chi connectivity index (χ3n) is 4.32. The SMILES string of the molecule is COc1cccc2c1CC(C)C2N1CCNCC1. The normalized spacial score (nSPS) is 28.1. The zero-order valence-corrected chi connectivity index (χ0v) is 11.3.